The van der Waals surface area contributed by atoms with Gasteiger partial charge in [-0.1, -0.05) is 6.07 Å². The van der Waals surface area contributed by atoms with Crippen LogP contribution in [0.4, 0.5) is 10.2 Å². The van der Waals surface area contributed by atoms with Crippen molar-refractivity contribution in [3.05, 3.63) is 24.1 Å². The average molecular weight is 198 g/mol. The van der Waals surface area contributed by atoms with Crippen molar-refractivity contribution in [2.45, 2.75) is 19.4 Å². The molecule has 0 aromatic carbocycles. The molecule has 0 saturated heterocycles. The highest BCUT2D eigenvalue weighted by atomic mass is 19.1. The lowest BCUT2D eigenvalue weighted by molar-refractivity contribution is 0.215. The van der Waals surface area contributed by atoms with E-state index in [2.05, 4.69) is 4.98 Å². The molecule has 4 heteroatoms. The van der Waals surface area contributed by atoms with Crippen LogP contribution in [0.5, 0.6) is 0 Å². The molecule has 0 spiro atoms. The standard InChI is InChI=1S/C10H15FN2O/c1-10(2,7-14)13(3)9-6-4-5-8(11)12-9/h4-6,14H,7H2,1-3H3. The summed E-state index contributed by atoms with van der Waals surface area (Å²) >= 11 is 0. The van der Waals surface area contributed by atoms with Gasteiger partial charge in [-0.2, -0.15) is 4.39 Å². The van der Waals surface area contributed by atoms with Crippen molar-refractivity contribution >= 4 is 5.82 Å². The summed E-state index contributed by atoms with van der Waals surface area (Å²) in [5, 5.41) is 9.13. The number of pyridine rings is 1. The molecule has 78 valence electrons. The van der Waals surface area contributed by atoms with Crippen molar-refractivity contribution < 1.29 is 9.50 Å². The first-order valence-electron chi connectivity index (χ1n) is 4.44. The number of nitrogens with zero attached hydrogens (tertiary/aromatic N) is 2. The van der Waals surface area contributed by atoms with Crippen LogP contribution in [-0.2, 0) is 0 Å². The van der Waals surface area contributed by atoms with Gasteiger partial charge in [0, 0.05) is 7.05 Å². The van der Waals surface area contributed by atoms with Crippen LogP contribution in [0, 0.1) is 5.95 Å². The first-order valence-corrected chi connectivity index (χ1v) is 4.44. The van der Waals surface area contributed by atoms with Crippen molar-refractivity contribution in [1.82, 2.24) is 4.98 Å². The molecular formula is C10H15FN2O. The van der Waals surface area contributed by atoms with E-state index in [1.807, 2.05) is 13.8 Å². The molecule has 0 aliphatic carbocycles. The molecule has 1 aromatic rings. The van der Waals surface area contributed by atoms with E-state index in [9.17, 15) is 4.39 Å². The third-order valence-electron chi connectivity index (χ3n) is 2.34. The van der Waals surface area contributed by atoms with Crippen LogP contribution in [0.3, 0.4) is 0 Å². The van der Waals surface area contributed by atoms with Gasteiger partial charge in [-0.05, 0) is 26.0 Å². The van der Waals surface area contributed by atoms with E-state index in [0.717, 1.165) is 0 Å². The van der Waals surface area contributed by atoms with Gasteiger partial charge in [-0.3, -0.25) is 0 Å². The maximum atomic E-state index is 12.8. The van der Waals surface area contributed by atoms with Crippen molar-refractivity contribution in [3.63, 3.8) is 0 Å². The Morgan fingerprint density at radius 3 is 2.64 bits per heavy atom. The smallest absolute Gasteiger partial charge is 0.214 e. The fourth-order valence-electron chi connectivity index (χ4n) is 1.00. The van der Waals surface area contributed by atoms with Crippen LogP contribution < -0.4 is 4.90 Å². The van der Waals surface area contributed by atoms with Crippen LogP contribution in [0.15, 0.2) is 18.2 Å². The maximum absolute atomic E-state index is 12.8. The number of rotatable bonds is 3. The highest BCUT2D eigenvalue weighted by Gasteiger charge is 2.23. The van der Waals surface area contributed by atoms with Crippen LogP contribution in [-0.4, -0.2) is 29.3 Å². The number of aliphatic hydroxyl groups is 1. The van der Waals surface area contributed by atoms with Crippen LogP contribution >= 0.6 is 0 Å². The van der Waals surface area contributed by atoms with Gasteiger partial charge >= 0.3 is 0 Å². The van der Waals surface area contributed by atoms with Gasteiger partial charge in [0.15, 0.2) is 0 Å². The lowest BCUT2D eigenvalue weighted by atomic mass is 10.1. The summed E-state index contributed by atoms with van der Waals surface area (Å²) in [6.07, 6.45) is 0. The van der Waals surface area contributed by atoms with Crippen molar-refractivity contribution in [3.8, 4) is 0 Å². The molecule has 1 heterocycles. The Morgan fingerprint density at radius 1 is 1.50 bits per heavy atom. The summed E-state index contributed by atoms with van der Waals surface area (Å²) in [5.41, 5.74) is -0.444. The average Bonchev–Trinajstić information content (AvgIpc) is 2.16. The topological polar surface area (TPSA) is 36.4 Å². The fraction of sp³-hybridized carbons (Fsp3) is 0.500. The van der Waals surface area contributed by atoms with Gasteiger partial charge in [0.05, 0.1) is 12.1 Å². The second-order valence-corrected chi connectivity index (χ2v) is 3.85. The SMILES string of the molecule is CN(c1cccc(F)n1)C(C)(C)CO. The number of hydrogen-bond donors (Lipinski definition) is 1. The largest absolute Gasteiger partial charge is 0.394 e. The number of likely N-dealkylation sites (N-methyl/N-ethyl adjacent to an activating group) is 1. The Morgan fingerprint density at radius 2 is 2.14 bits per heavy atom. The van der Waals surface area contributed by atoms with Crippen molar-refractivity contribution in [2.24, 2.45) is 0 Å². The summed E-state index contributed by atoms with van der Waals surface area (Å²) in [5.74, 6) is 0.00661. The molecule has 3 nitrogen and oxygen atoms in total. The monoisotopic (exact) mass is 198 g/mol. The van der Waals surface area contributed by atoms with Gasteiger partial charge in [-0.15, -0.1) is 0 Å². The molecule has 0 aliphatic rings. The van der Waals surface area contributed by atoms with Gasteiger partial charge in [0.2, 0.25) is 5.95 Å². The Hall–Kier alpha value is -1.16. The van der Waals surface area contributed by atoms with Crippen LogP contribution in [0.25, 0.3) is 0 Å². The Balaban J connectivity index is 2.94. The van der Waals surface area contributed by atoms with Gasteiger partial charge in [-0.25, -0.2) is 4.98 Å². The fourth-order valence-corrected chi connectivity index (χ4v) is 1.00. The molecule has 1 aromatic heterocycles. The minimum Gasteiger partial charge on any atom is -0.394 e. The molecule has 0 aliphatic heterocycles. The van der Waals surface area contributed by atoms with E-state index in [0.29, 0.717) is 5.82 Å². The second-order valence-electron chi connectivity index (χ2n) is 3.85. The van der Waals surface area contributed by atoms with Gasteiger partial charge in [0.1, 0.15) is 5.82 Å². The minimum absolute atomic E-state index is 0.0122. The van der Waals surface area contributed by atoms with E-state index < -0.39 is 11.5 Å². The van der Waals surface area contributed by atoms with Crippen LogP contribution in [0.2, 0.25) is 0 Å². The van der Waals surface area contributed by atoms with E-state index >= 15 is 0 Å². The van der Waals surface area contributed by atoms with E-state index in [-0.39, 0.29) is 6.61 Å². The third kappa shape index (κ3) is 2.20. The zero-order chi connectivity index (χ0) is 10.8. The first kappa shape index (κ1) is 10.9. The number of aromatic nitrogens is 1. The van der Waals surface area contributed by atoms with E-state index in [4.69, 9.17) is 5.11 Å². The predicted molar refractivity (Wildman–Crippen MR) is 53.8 cm³/mol. The number of hydrogen-bond acceptors (Lipinski definition) is 3. The summed E-state index contributed by atoms with van der Waals surface area (Å²) in [7, 11) is 1.78. The van der Waals surface area contributed by atoms with E-state index in [1.54, 1.807) is 24.1 Å². The summed E-state index contributed by atoms with van der Waals surface area (Å²) < 4.78 is 12.8. The minimum atomic E-state index is -0.511. The maximum Gasteiger partial charge on any atom is 0.214 e. The molecule has 0 bridgehead atoms. The molecule has 0 unspecified atom stereocenters. The highest BCUT2D eigenvalue weighted by Crippen LogP contribution is 2.19. The molecule has 0 atom stereocenters. The number of anilines is 1. The van der Waals surface area contributed by atoms with Gasteiger partial charge < -0.3 is 10.0 Å². The molecule has 14 heavy (non-hydrogen) atoms. The zero-order valence-corrected chi connectivity index (χ0v) is 8.66. The van der Waals surface area contributed by atoms with Crippen molar-refractivity contribution in [2.75, 3.05) is 18.6 Å². The molecule has 1 rings (SSSR count). The number of halogens is 1. The summed E-state index contributed by atoms with van der Waals surface area (Å²) in [6, 6.07) is 4.60. The summed E-state index contributed by atoms with van der Waals surface area (Å²) in [4.78, 5) is 5.48. The third-order valence-corrected chi connectivity index (χ3v) is 2.34. The normalized spacial score (nSPS) is 11.5. The second kappa shape index (κ2) is 3.92. The Bertz CT molecular complexity index is 315. The Kier molecular flexibility index (Phi) is 3.06. The first-order chi connectivity index (χ1) is 6.47. The summed E-state index contributed by atoms with van der Waals surface area (Å²) in [6.45, 7) is 3.71. The van der Waals surface area contributed by atoms with Crippen molar-refractivity contribution in [1.29, 1.82) is 0 Å². The lowest BCUT2D eigenvalue weighted by Crippen LogP contribution is -2.44. The molecule has 0 radical (unpaired) electrons. The van der Waals surface area contributed by atoms with Gasteiger partial charge in [0.25, 0.3) is 0 Å². The van der Waals surface area contributed by atoms with E-state index in [1.165, 1.54) is 6.07 Å². The molecule has 0 saturated carbocycles. The number of aliphatic hydroxyl groups excluding tert-OH is 1. The highest BCUT2D eigenvalue weighted by molar-refractivity contribution is 5.40. The van der Waals surface area contributed by atoms with Crippen LogP contribution in [0.1, 0.15) is 13.8 Å². The zero-order valence-electron chi connectivity index (χ0n) is 8.66. The predicted octanol–water partition coefficient (Wildman–Crippen LogP) is 1.43. The lowest BCUT2D eigenvalue weighted by Gasteiger charge is -2.34. The molecule has 0 amide bonds. The molecule has 0 fully saturated rings. The quantitative estimate of drug-likeness (QED) is 0.746. The Labute approximate surface area is 83.2 Å². The molecule has 1 N–H and O–H groups in total. The molecular weight excluding hydrogens is 183 g/mol.